The number of anilines is 1. The number of rotatable bonds is 4. The number of hydrogen-bond donors (Lipinski definition) is 1. The molecule has 150 valence electrons. The quantitative estimate of drug-likeness (QED) is 0.861. The summed E-state index contributed by atoms with van der Waals surface area (Å²) in [7, 11) is 1.54. The molecule has 2 aromatic rings. The smallest absolute Gasteiger partial charge is 0.262 e. The number of ether oxygens (including phenoxy) is 1. The van der Waals surface area contributed by atoms with Gasteiger partial charge in [0.25, 0.3) is 11.8 Å². The van der Waals surface area contributed by atoms with Gasteiger partial charge in [-0.1, -0.05) is 24.3 Å². The summed E-state index contributed by atoms with van der Waals surface area (Å²) >= 11 is 0. The zero-order chi connectivity index (χ0) is 20.4. The van der Waals surface area contributed by atoms with E-state index in [1.807, 2.05) is 29.2 Å². The number of benzene rings is 2. The summed E-state index contributed by atoms with van der Waals surface area (Å²) in [6.45, 7) is 1.38. The average Bonchev–Trinajstić information content (AvgIpc) is 3.16. The number of likely N-dealkylation sites (tertiary alicyclic amines) is 1. The summed E-state index contributed by atoms with van der Waals surface area (Å²) in [5.41, 5.74) is 2.06. The molecule has 0 aromatic heterocycles. The van der Waals surface area contributed by atoms with E-state index in [4.69, 9.17) is 4.74 Å². The summed E-state index contributed by atoms with van der Waals surface area (Å²) in [5.74, 6) is 0.166. The second-order valence-electron chi connectivity index (χ2n) is 7.22. The molecule has 1 atom stereocenters. The highest BCUT2D eigenvalue weighted by Crippen LogP contribution is 2.34. The molecule has 4 rings (SSSR count). The first-order chi connectivity index (χ1) is 14.1. The van der Waals surface area contributed by atoms with Gasteiger partial charge in [-0.05, 0) is 36.2 Å². The van der Waals surface area contributed by atoms with E-state index in [0.29, 0.717) is 30.0 Å². The van der Waals surface area contributed by atoms with Crippen molar-refractivity contribution in [2.45, 2.75) is 25.5 Å². The van der Waals surface area contributed by atoms with Crippen molar-refractivity contribution in [1.82, 2.24) is 10.2 Å². The molecular formula is C22H23N3O4. The third-order valence-electron chi connectivity index (χ3n) is 5.28. The van der Waals surface area contributed by atoms with Crippen LogP contribution in [0.5, 0.6) is 5.75 Å². The third kappa shape index (κ3) is 3.81. The molecule has 2 aromatic carbocycles. The summed E-state index contributed by atoms with van der Waals surface area (Å²) in [6, 6.07) is 14.5. The number of fused-ring (bicyclic) bond motifs is 1. The minimum Gasteiger partial charge on any atom is -0.477 e. The van der Waals surface area contributed by atoms with E-state index in [-0.39, 0.29) is 24.3 Å². The summed E-state index contributed by atoms with van der Waals surface area (Å²) in [6.07, 6.45) is 0.691. The van der Waals surface area contributed by atoms with Gasteiger partial charge in [0.15, 0.2) is 6.10 Å². The van der Waals surface area contributed by atoms with Gasteiger partial charge in [0.2, 0.25) is 5.91 Å². The van der Waals surface area contributed by atoms with Crippen LogP contribution in [0, 0.1) is 0 Å². The molecule has 1 saturated heterocycles. The fourth-order valence-electron chi connectivity index (χ4n) is 3.77. The average molecular weight is 393 g/mol. The standard InChI is InChI=1S/C22H23N3O4/c1-23-21(27)19-14-25(17-8-2-3-9-18(17)29-19)22(28)16-7-4-6-15(12-16)13-24-11-5-10-20(24)26/h2-4,6-9,12,19H,5,10-11,13-14H2,1H3,(H,23,27). The molecule has 0 spiro atoms. The van der Waals surface area contributed by atoms with Crippen LogP contribution in [-0.2, 0) is 16.1 Å². The first-order valence-corrected chi connectivity index (χ1v) is 9.72. The lowest BCUT2D eigenvalue weighted by Gasteiger charge is -2.34. The van der Waals surface area contributed by atoms with Gasteiger partial charge < -0.3 is 19.9 Å². The second-order valence-corrected chi connectivity index (χ2v) is 7.22. The van der Waals surface area contributed by atoms with Gasteiger partial charge in [-0.15, -0.1) is 0 Å². The predicted molar refractivity (Wildman–Crippen MR) is 108 cm³/mol. The molecule has 3 amide bonds. The topological polar surface area (TPSA) is 79.0 Å². The van der Waals surface area contributed by atoms with Crippen LogP contribution in [0.3, 0.4) is 0 Å². The first kappa shape index (κ1) is 19.0. The number of amides is 3. The molecule has 1 unspecified atom stereocenters. The van der Waals surface area contributed by atoms with E-state index >= 15 is 0 Å². The molecule has 29 heavy (non-hydrogen) atoms. The van der Waals surface area contributed by atoms with Crippen molar-refractivity contribution in [2.75, 3.05) is 25.0 Å². The van der Waals surface area contributed by atoms with E-state index in [0.717, 1.165) is 18.5 Å². The van der Waals surface area contributed by atoms with Gasteiger partial charge in [-0.3, -0.25) is 14.4 Å². The van der Waals surface area contributed by atoms with Crippen molar-refractivity contribution in [3.63, 3.8) is 0 Å². The first-order valence-electron chi connectivity index (χ1n) is 9.72. The van der Waals surface area contributed by atoms with Crippen molar-refractivity contribution in [3.05, 3.63) is 59.7 Å². The fourth-order valence-corrected chi connectivity index (χ4v) is 3.77. The van der Waals surface area contributed by atoms with Crippen molar-refractivity contribution < 1.29 is 19.1 Å². The van der Waals surface area contributed by atoms with E-state index in [9.17, 15) is 14.4 Å². The highest BCUT2D eigenvalue weighted by molar-refractivity contribution is 6.08. The van der Waals surface area contributed by atoms with Crippen molar-refractivity contribution in [2.24, 2.45) is 0 Å². The van der Waals surface area contributed by atoms with Crippen LogP contribution in [0.25, 0.3) is 0 Å². The maximum Gasteiger partial charge on any atom is 0.262 e. The predicted octanol–water partition coefficient (Wildman–Crippen LogP) is 1.96. The monoisotopic (exact) mass is 393 g/mol. The molecule has 2 heterocycles. The minimum atomic E-state index is -0.774. The van der Waals surface area contributed by atoms with Gasteiger partial charge in [0.1, 0.15) is 5.75 Å². The number of carbonyl (C=O) groups is 3. The molecular weight excluding hydrogens is 370 g/mol. The summed E-state index contributed by atoms with van der Waals surface area (Å²) in [4.78, 5) is 40.8. The highest BCUT2D eigenvalue weighted by atomic mass is 16.5. The number of hydrogen-bond acceptors (Lipinski definition) is 4. The Morgan fingerprint density at radius 1 is 1.17 bits per heavy atom. The number of nitrogens with zero attached hydrogens (tertiary/aromatic N) is 2. The lowest BCUT2D eigenvalue weighted by molar-refractivity contribution is -0.128. The molecule has 2 aliphatic heterocycles. The Kier molecular flexibility index (Phi) is 5.20. The van der Waals surface area contributed by atoms with E-state index in [1.165, 1.54) is 0 Å². The van der Waals surface area contributed by atoms with Crippen molar-refractivity contribution >= 4 is 23.4 Å². The van der Waals surface area contributed by atoms with Gasteiger partial charge in [0.05, 0.1) is 12.2 Å². The zero-order valence-electron chi connectivity index (χ0n) is 16.3. The normalized spacial score (nSPS) is 18.2. The highest BCUT2D eigenvalue weighted by Gasteiger charge is 2.33. The number of para-hydroxylation sites is 2. The van der Waals surface area contributed by atoms with E-state index < -0.39 is 6.10 Å². The zero-order valence-corrected chi connectivity index (χ0v) is 16.3. The molecule has 0 radical (unpaired) electrons. The van der Waals surface area contributed by atoms with Gasteiger partial charge in [-0.25, -0.2) is 0 Å². The molecule has 0 aliphatic carbocycles. The molecule has 0 bridgehead atoms. The molecule has 1 N–H and O–H groups in total. The second kappa shape index (κ2) is 7.95. The fraction of sp³-hybridized carbons (Fsp3) is 0.318. The van der Waals surface area contributed by atoms with Gasteiger partial charge >= 0.3 is 0 Å². The molecule has 1 fully saturated rings. The van der Waals surface area contributed by atoms with Crippen LogP contribution in [0.1, 0.15) is 28.8 Å². The Labute approximate surface area is 169 Å². The van der Waals surface area contributed by atoms with E-state index in [2.05, 4.69) is 5.32 Å². The molecule has 7 heteroatoms. The van der Waals surface area contributed by atoms with Crippen molar-refractivity contribution in [1.29, 1.82) is 0 Å². The Morgan fingerprint density at radius 3 is 2.76 bits per heavy atom. The van der Waals surface area contributed by atoms with Crippen LogP contribution in [0.2, 0.25) is 0 Å². The van der Waals surface area contributed by atoms with Gasteiger partial charge in [0, 0.05) is 32.1 Å². The SMILES string of the molecule is CNC(=O)C1CN(C(=O)c2cccc(CN3CCCC3=O)c2)c2ccccc2O1. The number of carbonyl (C=O) groups excluding carboxylic acids is 3. The van der Waals surface area contributed by atoms with Crippen LogP contribution >= 0.6 is 0 Å². The number of nitrogens with one attached hydrogen (secondary N) is 1. The summed E-state index contributed by atoms with van der Waals surface area (Å²) in [5, 5.41) is 2.58. The Balaban J connectivity index is 1.60. The maximum absolute atomic E-state index is 13.3. The maximum atomic E-state index is 13.3. The molecule has 7 nitrogen and oxygen atoms in total. The van der Waals surface area contributed by atoms with E-state index in [1.54, 1.807) is 36.2 Å². The lowest BCUT2D eigenvalue weighted by atomic mass is 10.1. The Hall–Kier alpha value is -3.35. The van der Waals surface area contributed by atoms with Crippen LogP contribution in [-0.4, -0.2) is 48.9 Å². The van der Waals surface area contributed by atoms with Crippen LogP contribution in [0.15, 0.2) is 48.5 Å². The largest absolute Gasteiger partial charge is 0.477 e. The minimum absolute atomic E-state index is 0.129. The Morgan fingerprint density at radius 2 is 2.00 bits per heavy atom. The van der Waals surface area contributed by atoms with Crippen LogP contribution < -0.4 is 15.0 Å². The number of likely N-dealkylation sites (N-methyl/N-ethyl adjacent to an activating group) is 1. The Bertz CT molecular complexity index is 959. The van der Waals surface area contributed by atoms with Crippen molar-refractivity contribution in [3.8, 4) is 5.75 Å². The van der Waals surface area contributed by atoms with Gasteiger partial charge in [-0.2, -0.15) is 0 Å². The van der Waals surface area contributed by atoms with Crippen LogP contribution in [0.4, 0.5) is 5.69 Å². The molecule has 0 saturated carbocycles. The molecule has 2 aliphatic rings. The summed E-state index contributed by atoms with van der Waals surface area (Å²) < 4.78 is 5.78. The third-order valence-corrected chi connectivity index (χ3v) is 5.28. The lowest BCUT2D eigenvalue weighted by Crippen LogP contribution is -2.50.